The number of carboxylic acid groups (broad SMARTS) is 1. The number of aliphatic imine (C=N–C) groups is 1. The first-order valence-corrected chi connectivity index (χ1v) is 12.7. The molecule has 1 amide bonds. The Kier molecular flexibility index (Phi) is 6.20. The van der Waals surface area contributed by atoms with E-state index in [1.807, 2.05) is 11.0 Å². The maximum atomic E-state index is 13.1. The minimum atomic E-state index is -3.54. The lowest BCUT2D eigenvalue weighted by molar-refractivity contribution is -0.146. The number of rotatable bonds is 5. The number of sulfone groups is 1. The van der Waals surface area contributed by atoms with Crippen molar-refractivity contribution < 1.29 is 23.1 Å². The maximum Gasteiger partial charge on any atom is 0.331 e. The maximum absolute atomic E-state index is 13.1. The molecule has 2 fully saturated rings. The quantitative estimate of drug-likeness (QED) is 0.522. The number of amides is 1. The molecule has 1 aliphatic carbocycles. The van der Waals surface area contributed by atoms with Gasteiger partial charge in [0, 0.05) is 38.6 Å². The van der Waals surface area contributed by atoms with Gasteiger partial charge in [-0.1, -0.05) is 18.2 Å². The number of pyridine rings is 1. The summed E-state index contributed by atoms with van der Waals surface area (Å²) in [7, 11) is -3.54. The molecule has 1 aromatic heterocycles. The first kappa shape index (κ1) is 22.9. The lowest BCUT2D eigenvalue weighted by Crippen LogP contribution is -2.53. The summed E-state index contributed by atoms with van der Waals surface area (Å²) in [5, 5.41) is 9.76. The van der Waals surface area contributed by atoms with Crippen molar-refractivity contribution in [3.8, 4) is 0 Å². The molecule has 2 aromatic rings. The number of hydrogen-bond donors (Lipinski definition) is 1. The van der Waals surface area contributed by atoms with Crippen LogP contribution in [0.3, 0.4) is 0 Å². The van der Waals surface area contributed by atoms with Crippen LogP contribution in [-0.4, -0.2) is 84.0 Å². The molecule has 0 atom stereocenters. The van der Waals surface area contributed by atoms with Crippen molar-refractivity contribution >= 4 is 27.5 Å². The number of amidine groups is 1. The Balaban J connectivity index is 1.57. The van der Waals surface area contributed by atoms with Crippen LogP contribution in [0.5, 0.6) is 0 Å². The van der Waals surface area contributed by atoms with Crippen molar-refractivity contribution in [2.24, 2.45) is 4.99 Å². The zero-order chi connectivity index (χ0) is 23.6. The number of carbonyl (C=O) groups excluding carboxylic acids is 1. The van der Waals surface area contributed by atoms with Gasteiger partial charge in [0.1, 0.15) is 5.69 Å². The fourth-order valence-corrected chi connectivity index (χ4v) is 5.01. The Morgan fingerprint density at radius 1 is 1.00 bits per heavy atom. The third-order valence-electron chi connectivity index (χ3n) is 6.18. The van der Waals surface area contributed by atoms with Gasteiger partial charge in [0.05, 0.1) is 10.5 Å². The Bertz CT molecular complexity index is 1180. The molecule has 0 bridgehead atoms. The Morgan fingerprint density at radius 3 is 2.18 bits per heavy atom. The SMILES string of the molecule is CS(=O)(=O)c1ccccc1C(=O)N1CCN(/C(=N/C2(C(=O)O)CCC2)c2ccccn2)CC1. The van der Waals surface area contributed by atoms with E-state index in [0.717, 1.165) is 12.7 Å². The Labute approximate surface area is 192 Å². The Morgan fingerprint density at radius 2 is 1.64 bits per heavy atom. The van der Waals surface area contributed by atoms with Gasteiger partial charge in [0.15, 0.2) is 21.2 Å². The fourth-order valence-electron chi connectivity index (χ4n) is 4.13. The first-order chi connectivity index (χ1) is 15.7. The molecule has 9 nitrogen and oxygen atoms in total. The molecule has 0 spiro atoms. The summed E-state index contributed by atoms with van der Waals surface area (Å²) in [5.41, 5.74) is -0.382. The number of carbonyl (C=O) groups is 2. The van der Waals surface area contributed by atoms with E-state index in [0.29, 0.717) is 50.6 Å². The van der Waals surface area contributed by atoms with Gasteiger partial charge in [0.2, 0.25) is 0 Å². The van der Waals surface area contributed by atoms with Crippen LogP contribution in [0.25, 0.3) is 0 Å². The normalized spacial score (nSPS) is 18.5. The predicted molar refractivity (Wildman–Crippen MR) is 122 cm³/mol. The average molecular weight is 471 g/mol. The second kappa shape index (κ2) is 8.93. The molecule has 1 saturated carbocycles. The van der Waals surface area contributed by atoms with Crippen molar-refractivity contribution in [2.75, 3.05) is 32.4 Å². The van der Waals surface area contributed by atoms with Crippen molar-refractivity contribution in [2.45, 2.75) is 29.7 Å². The third kappa shape index (κ3) is 4.61. The van der Waals surface area contributed by atoms with E-state index < -0.39 is 21.3 Å². The molecule has 1 aliphatic heterocycles. The van der Waals surface area contributed by atoms with Crippen LogP contribution < -0.4 is 0 Å². The van der Waals surface area contributed by atoms with Gasteiger partial charge in [-0.25, -0.2) is 18.2 Å². The monoisotopic (exact) mass is 470 g/mol. The second-order valence-corrected chi connectivity index (χ2v) is 10.4. The van der Waals surface area contributed by atoms with Crippen LogP contribution in [0.4, 0.5) is 0 Å². The van der Waals surface area contributed by atoms with E-state index in [9.17, 15) is 23.1 Å². The molecule has 4 rings (SSSR count). The molecule has 1 saturated heterocycles. The number of piperazine rings is 1. The van der Waals surface area contributed by atoms with Crippen LogP contribution in [0.2, 0.25) is 0 Å². The number of nitrogens with zero attached hydrogens (tertiary/aromatic N) is 4. The average Bonchev–Trinajstić information content (AvgIpc) is 2.78. The van der Waals surface area contributed by atoms with Crippen LogP contribution in [0.1, 0.15) is 35.3 Å². The molecule has 10 heteroatoms. The topological polar surface area (TPSA) is 120 Å². The number of aliphatic carboxylic acids is 1. The number of hydrogen-bond acceptors (Lipinski definition) is 6. The second-order valence-electron chi connectivity index (χ2n) is 8.39. The highest BCUT2D eigenvalue weighted by Crippen LogP contribution is 2.37. The van der Waals surface area contributed by atoms with E-state index in [4.69, 9.17) is 0 Å². The van der Waals surface area contributed by atoms with Crippen molar-refractivity contribution in [1.82, 2.24) is 14.8 Å². The zero-order valence-electron chi connectivity index (χ0n) is 18.3. The highest BCUT2D eigenvalue weighted by Gasteiger charge is 2.45. The van der Waals surface area contributed by atoms with Gasteiger partial charge in [-0.2, -0.15) is 0 Å². The third-order valence-corrected chi connectivity index (χ3v) is 7.33. The van der Waals surface area contributed by atoms with E-state index in [1.54, 1.807) is 35.4 Å². The van der Waals surface area contributed by atoms with Crippen LogP contribution >= 0.6 is 0 Å². The molecule has 2 aliphatic rings. The first-order valence-electron chi connectivity index (χ1n) is 10.8. The van der Waals surface area contributed by atoms with Gasteiger partial charge in [-0.15, -0.1) is 0 Å². The molecular weight excluding hydrogens is 444 g/mol. The summed E-state index contributed by atoms with van der Waals surface area (Å²) >= 11 is 0. The summed E-state index contributed by atoms with van der Waals surface area (Å²) in [4.78, 5) is 37.7. The van der Waals surface area contributed by atoms with Gasteiger partial charge in [0.25, 0.3) is 5.91 Å². The molecule has 1 aromatic carbocycles. The van der Waals surface area contributed by atoms with E-state index in [2.05, 4.69) is 9.98 Å². The largest absolute Gasteiger partial charge is 0.479 e. The number of carboxylic acids is 1. The zero-order valence-corrected chi connectivity index (χ0v) is 19.2. The van der Waals surface area contributed by atoms with Crippen LogP contribution in [0, 0.1) is 0 Å². The van der Waals surface area contributed by atoms with Gasteiger partial charge in [-0.05, 0) is 43.5 Å². The van der Waals surface area contributed by atoms with Gasteiger partial charge in [-0.3, -0.25) is 9.78 Å². The van der Waals surface area contributed by atoms with E-state index >= 15 is 0 Å². The Hall–Kier alpha value is -3.27. The van der Waals surface area contributed by atoms with E-state index in [1.165, 1.54) is 12.1 Å². The lowest BCUT2D eigenvalue weighted by atomic mass is 9.77. The molecule has 2 heterocycles. The molecule has 1 N–H and O–H groups in total. The smallest absolute Gasteiger partial charge is 0.331 e. The molecule has 174 valence electrons. The summed E-state index contributed by atoms with van der Waals surface area (Å²) in [6.07, 6.45) is 4.51. The summed E-state index contributed by atoms with van der Waals surface area (Å²) < 4.78 is 24.2. The molecule has 0 unspecified atom stereocenters. The molecule has 0 radical (unpaired) electrons. The van der Waals surface area contributed by atoms with Crippen molar-refractivity contribution in [3.63, 3.8) is 0 Å². The van der Waals surface area contributed by atoms with Crippen LogP contribution in [-0.2, 0) is 14.6 Å². The minimum absolute atomic E-state index is 0.0153. The standard InChI is InChI=1S/C23H26N4O5S/c1-33(31,32)19-9-3-2-7-17(19)21(28)27-15-13-26(14-16-27)20(18-8-4-5-12-24-18)25-23(22(29)30)10-6-11-23/h2-5,7-9,12H,6,10-11,13-16H2,1H3,(H,29,30)/b25-20+. The highest BCUT2D eigenvalue weighted by molar-refractivity contribution is 7.90. The number of aromatic nitrogens is 1. The van der Waals surface area contributed by atoms with Crippen LogP contribution in [0.15, 0.2) is 58.5 Å². The van der Waals surface area contributed by atoms with Crippen molar-refractivity contribution in [3.05, 3.63) is 59.9 Å². The number of benzene rings is 1. The van der Waals surface area contributed by atoms with Gasteiger partial charge < -0.3 is 14.9 Å². The highest BCUT2D eigenvalue weighted by atomic mass is 32.2. The molecular formula is C23H26N4O5S. The summed E-state index contributed by atoms with van der Waals surface area (Å²) in [5.74, 6) is -0.761. The van der Waals surface area contributed by atoms with E-state index in [-0.39, 0.29) is 16.4 Å². The fraction of sp³-hybridized carbons (Fsp3) is 0.391. The minimum Gasteiger partial charge on any atom is -0.479 e. The van der Waals surface area contributed by atoms with Gasteiger partial charge >= 0.3 is 5.97 Å². The lowest BCUT2D eigenvalue weighted by Gasteiger charge is -2.39. The molecule has 33 heavy (non-hydrogen) atoms. The summed E-state index contributed by atoms with van der Waals surface area (Å²) in [6, 6.07) is 11.6. The van der Waals surface area contributed by atoms with Crippen molar-refractivity contribution in [1.29, 1.82) is 0 Å². The predicted octanol–water partition coefficient (Wildman–Crippen LogP) is 1.70. The summed E-state index contributed by atoms with van der Waals surface area (Å²) in [6.45, 7) is 1.56.